The fourth-order valence-corrected chi connectivity index (χ4v) is 8.38. The van der Waals surface area contributed by atoms with Crippen LogP contribution in [0.3, 0.4) is 0 Å². The first kappa shape index (κ1) is 33.7. The van der Waals surface area contributed by atoms with Crippen LogP contribution in [0.25, 0.3) is 99.8 Å². The third-order valence-electron chi connectivity index (χ3n) is 11.5. The van der Waals surface area contributed by atoms with Gasteiger partial charge in [0.25, 0.3) is 0 Å². The molecule has 0 saturated heterocycles. The van der Waals surface area contributed by atoms with Gasteiger partial charge < -0.3 is 8.83 Å². The number of pyridine rings is 2. The summed E-state index contributed by atoms with van der Waals surface area (Å²) in [5.41, 5.74) is 17.9. The highest BCUT2D eigenvalue weighted by Crippen LogP contribution is 2.41. The molecule has 10 rings (SSSR count). The predicted molar refractivity (Wildman–Crippen MR) is 225 cm³/mol. The third-order valence-corrected chi connectivity index (χ3v) is 11.5. The molecule has 10 aromatic rings. The molecular weight excluding hydrogens is 692 g/mol. The molecule has 0 radical (unpaired) electrons. The van der Waals surface area contributed by atoms with Crippen molar-refractivity contribution >= 4 is 43.9 Å². The molecule has 5 heteroatoms. The van der Waals surface area contributed by atoms with Gasteiger partial charge in [-0.25, -0.2) is 13.5 Å². The number of aromatic nitrogens is 2. The summed E-state index contributed by atoms with van der Waals surface area (Å²) in [6.45, 7) is 6.46. The topological polar surface area (TPSA) is 34.0 Å². The molecule has 0 amide bonds. The molecule has 6 aromatic carbocycles. The first-order valence-electron chi connectivity index (χ1n) is 19.0. The number of benzene rings is 6. The first-order chi connectivity index (χ1) is 27.2. The Kier molecular flexibility index (Phi) is 7.75. The van der Waals surface area contributed by atoms with Gasteiger partial charge in [-0.1, -0.05) is 72.8 Å². The quantitative estimate of drug-likeness (QED) is 0.165. The van der Waals surface area contributed by atoms with E-state index in [-0.39, 0.29) is 5.82 Å². The number of rotatable bonds is 5. The molecule has 270 valence electrons. The minimum Gasteiger partial charge on any atom is -0.455 e. The molecule has 0 unspecified atom stereocenters. The summed E-state index contributed by atoms with van der Waals surface area (Å²) in [6, 6.07) is 45.6. The van der Waals surface area contributed by atoms with E-state index in [9.17, 15) is 4.39 Å². The van der Waals surface area contributed by atoms with E-state index >= 15 is 0 Å². The Bertz CT molecular complexity index is 3210. The fraction of sp³-hybridized carbons (Fsp3) is 0.0980. The highest BCUT2D eigenvalue weighted by Gasteiger charge is 2.24. The van der Waals surface area contributed by atoms with Crippen molar-refractivity contribution in [3.05, 3.63) is 168 Å². The average Bonchev–Trinajstić information content (AvgIpc) is 3.77. The van der Waals surface area contributed by atoms with Crippen LogP contribution in [-0.4, -0.2) is 0 Å². The van der Waals surface area contributed by atoms with E-state index in [2.05, 4.69) is 153 Å². The number of para-hydroxylation sites is 1. The lowest BCUT2D eigenvalue weighted by Crippen LogP contribution is -2.30. The van der Waals surface area contributed by atoms with Crippen LogP contribution in [0.5, 0.6) is 0 Å². The summed E-state index contributed by atoms with van der Waals surface area (Å²) in [6.07, 6.45) is 4.20. The zero-order chi connectivity index (χ0) is 38.2. The van der Waals surface area contributed by atoms with Crippen LogP contribution >= 0.6 is 0 Å². The number of furan rings is 2. The Hall–Kier alpha value is -6.85. The SMILES string of the molecule is Cc1ccc(-c2cc[n+](C)c(-c3c(C)ccc4c3oc3ccccc34)c2)cc1-c1ccc2oc3c(-c4cc(-c5ccc(F)cc5)cc[n+]4C)c(C)ccc3c2c1. The monoisotopic (exact) mass is 730 g/mol. The lowest BCUT2D eigenvalue weighted by molar-refractivity contribution is -0.660. The van der Waals surface area contributed by atoms with Gasteiger partial charge >= 0.3 is 0 Å². The molecule has 0 aliphatic heterocycles. The van der Waals surface area contributed by atoms with Crippen molar-refractivity contribution in [2.75, 3.05) is 0 Å². The number of halogens is 1. The maximum Gasteiger partial charge on any atom is 0.216 e. The van der Waals surface area contributed by atoms with Crippen LogP contribution in [0.1, 0.15) is 16.7 Å². The molecule has 0 atom stereocenters. The van der Waals surface area contributed by atoms with Gasteiger partial charge in [0, 0.05) is 45.8 Å². The second-order valence-electron chi connectivity index (χ2n) is 15.0. The van der Waals surface area contributed by atoms with E-state index in [1.165, 1.54) is 28.8 Å². The minimum atomic E-state index is -0.244. The van der Waals surface area contributed by atoms with Crippen molar-refractivity contribution in [3.63, 3.8) is 0 Å². The summed E-state index contributed by atoms with van der Waals surface area (Å²) in [7, 11) is 4.15. The van der Waals surface area contributed by atoms with Gasteiger partial charge in [-0.3, -0.25) is 0 Å². The summed E-state index contributed by atoms with van der Waals surface area (Å²) in [5, 5.41) is 4.40. The van der Waals surface area contributed by atoms with Crippen LogP contribution in [0.15, 0.2) is 155 Å². The van der Waals surface area contributed by atoms with E-state index in [1.54, 1.807) is 0 Å². The van der Waals surface area contributed by atoms with Crippen molar-refractivity contribution in [2.45, 2.75) is 20.8 Å². The molecular formula is C51H39FN2O2+2. The number of hydrogen-bond acceptors (Lipinski definition) is 2. The van der Waals surface area contributed by atoms with E-state index in [0.29, 0.717) is 0 Å². The molecule has 0 spiro atoms. The van der Waals surface area contributed by atoms with Crippen molar-refractivity contribution < 1.29 is 22.4 Å². The second kappa shape index (κ2) is 12.9. The smallest absolute Gasteiger partial charge is 0.216 e. The van der Waals surface area contributed by atoms with Gasteiger partial charge in [-0.05, 0) is 107 Å². The Morgan fingerprint density at radius 3 is 1.61 bits per heavy atom. The average molecular weight is 731 g/mol. The van der Waals surface area contributed by atoms with Gasteiger partial charge in [0.15, 0.2) is 12.4 Å². The van der Waals surface area contributed by atoms with E-state index < -0.39 is 0 Å². The fourth-order valence-electron chi connectivity index (χ4n) is 8.38. The zero-order valence-corrected chi connectivity index (χ0v) is 31.9. The number of fused-ring (bicyclic) bond motifs is 6. The van der Waals surface area contributed by atoms with Crippen LogP contribution in [0.2, 0.25) is 0 Å². The minimum absolute atomic E-state index is 0.244. The van der Waals surface area contributed by atoms with Gasteiger partial charge in [-0.2, -0.15) is 0 Å². The van der Waals surface area contributed by atoms with Gasteiger partial charge in [0.2, 0.25) is 11.4 Å². The van der Waals surface area contributed by atoms with E-state index in [4.69, 9.17) is 8.83 Å². The standard InChI is InChI=1S/C51H39FN2O2/c1-30-10-13-34(36-23-25-54(5)45(29-36)48-31(2)11-19-40-39-8-6-7-9-46(39)55-50(40)48)26-42(30)37-16-21-47-43(27-37)41-20-12-32(3)49(51(41)56-47)44-28-35(22-24-53(44)4)33-14-17-38(52)18-15-33/h6-29H,1-5H3/q+2. The van der Waals surface area contributed by atoms with Crippen molar-refractivity contribution in [1.82, 2.24) is 0 Å². The van der Waals surface area contributed by atoms with Gasteiger partial charge in [0.1, 0.15) is 42.2 Å². The molecule has 0 saturated carbocycles. The highest BCUT2D eigenvalue weighted by molar-refractivity contribution is 6.11. The van der Waals surface area contributed by atoms with Crippen LogP contribution in [0, 0.1) is 26.6 Å². The lowest BCUT2D eigenvalue weighted by Gasteiger charge is -2.11. The maximum absolute atomic E-state index is 13.7. The molecule has 4 heterocycles. The molecule has 0 bridgehead atoms. The predicted octanol–water partition coefficient (Wildman–Crippen LogP) is 12.5. The summed E-state index contributed by atoms with van der Waals surface area (Å²) in [4.78, 5) is 0. The summed E-state index contributed by atoms with van der Waals surface area (Å²) < 4.78 is 31.3. The van der Waals surface area contributed by atoms with Crippen molar-refractivity contribution in [2.24, 2.45) is 14.1 Å². The summed E-state index contributed by atoms with van der Waals surface area (Å²) in [5.74, 6) is -0.244. The molecule has 56 heavy (non-hydrogen) atoms. The van der Waals surface area contributed by atoms with E-state index in [0.717, 1.165) is 99.8 Å². The Morgan fingerprint density at radius 1 is 0.429 bits per heavy atom. The number of nitrogens with zero attached hydrogens (tertiary/aromatic N) is 2. The molecule has 0 aliphatic rings. The van der Waals surface area contributed by atoms with Crippen molar-refractivity contribution in [1.29, 1.82) is 0 Å². The van der Waals surface area contributed by atoms with Crippen LogP contribution in [-0.2, 0) is 14.1 Å². The molecule has 4 nitrogen and oxygen atoms in total. The highest BCUT2D eigenvalue weighted by atomic mass is 19.1. The van der Waals surface area contributed by atoms with Crippen LogP contribution in [0.4, 0.5) is 4.39 Å². The second-order valence-corrected chi connectivity index (χ2v) is 15.0. The Morgan fingerprint density at radius 2 is 0.946 bits per heavy atom. The molecule has 0 N–H and O–H groups in total. The normalized spacial score (nSPS) is 11.8. The number of aryl methyl sites for hydroxylation is 5. The molecule has 0 fully saturated rings. The number of hydrogen-bond donors (Lipinski definition) is 0. The third kappa shape index (κ3) is 5.42. The molecule has 4 aromatic heterocycles. The largest absolute Gasteiger partial charge is 0.455 e. The van der Waals surface area contributed by atoms with Gasteiger partial charge in [-0.15, -0.1) is 0 Å². The summed E-state index contributed by atoms with van der Waals surface area (Å²) >= 11 is 0. The maximum atomic E-state index is 13.7. The zero-order valence-electron chi connectivity index (χ0n) is 31.9. The van der Waals surface area contributed by atoms with E-state index in [1.807, 2.05) is 24.3 Å². The lowest BCUT2D eigenvalue weighted by atomic mass is 9.93. The Balaban J connectivity index is 1.07. The first-order valence-corrected chi connectivity index (χ1v) is 19.0. The molecule has 0 aliphatic carbocycles. The van der Waals surface area contributed by atoms with Crippen molar-refractivity contribution in [3.8, 4) is 55.9 Å². The van der Waals surface area contributed by atoms with Gasteiger partial charge in [0.05, 0.1) is 11.1 Å². The van der Waals surface area contributed by atoms with Crippen LogP contribution < -0.4 is 9.13 Å². The Labute approximate surface area is 324 Å².